The van der Waals surface area contributed by atoms with E-state index in [9.17, 15) is 0 Å². The number of aromatic nitrogens is 1. The second kappa shape index (κ2) is 10.8. The highest BCUT2D eigenvalue weighted by atomic mass is 35.5. The number of rotatable bonds is 5. The molecule has 1 aliphatic heterocycles. The molecule has 4 rings (SSSR count). The third-order valence-corrected chi connectivity index (χ3v) is 6.67. The van der Waals surface area contributed by atoms with Gasteiger partial charge in [0.05, 0.1) is 0 Å². The summed E-state index contributed by atoms with van der Waals surface area (Å²) in [5.74, 6) is 7.37. The van der Waals surface area contributed by atoms with Gasteiger partial charge in [0.2, 0.25) is 0 Å². The quantitative estimate of drug-likeness (QED) is 0.405. The number of hydrogen-bond donors (Lipinski definition) is 0. The van der Waals surface area contributed by atoms with Crippen molar-refractivity contribution in [3.05, 3.63) is 88.2 Å². The first-order chi connectivity index (χ1) is 15.6. The highest BCUT2D eigenvalue weighted by molar-refractivity contribution is 6.30. The largest absolute Gasteiger partial charge is 0.303 e. The van der Waals surface area contributed by atoms with Gasteiger partial charge in [0.15, 0.2) is 0 Å². The molecule has 0 saturated carbocycles. The standard InChI is InChI=1S/C29H31ClN2/c1-22-15-18-32(19-16-22)17-3-4-25-7-5-24(20-23(25)2)6-13-29-14-10-27(21-31-29)26-8-11-28(30)12-9-26/h5,7-12,14,20-22H,3-4,15-19H2,1-2H3. The van der Waals surface area contributed by atoms with Crippen molar-refractivity contribution in [2.75, 3.05) is 19.6 Å². The summed E-state index contributed by atoms with van der Waals surface area (Å²) in [7, 11) is 0. The number of nitrogens with zero attached hydrogens (tertiary/aromatic N) is 2. The molecule has 0 aliphatic carbocycles. The van der Waals surface area contributed by atoms with Crippen LogP contribution in [0.2, 0.25) is 5.02 Å². The van der Waals surface area contributed by atoms with Crippen LogP contribution in [0.1, 0.15) is 48.6 Å². The first kappa shape index (κ1) is 22.6. The van der Waals surface area contributed by atoms with Gasteiger partial charge in [0, 0.05) is 22.3 Å². The van der Waals surface area contributed by atoms with Crippen molar-refractivity contribution in [1.29, 1.82) is 0 Å². The molecule has 32 heavy (non-hydrogen) atoms. The molecule has 2 aromatic carbocycles. The Morgan fingerprint density at radius 3 is 2.41 bits per heavy atom. The average molecular weight is 443 g/mol. The second-order valence-electron chi connectivity index (χ2n) is 8.96. The molecular weight excluding hydrogens is 412 g/mol. The van der Waals surface area contributed by atoms with Crippen molar-refractivity contribution in [1.82, 2.24) is 9.88 Å². The summed E-state index contributed by atoms with van der Waals surface area (Å²) in [5.41, 5.74) is 6.75. The van der Waals surface area contributed by atoms with Gasteiger partial charge in [-0.2, -0.15) is 0 Å². The molecule has 0 bridgehead atoms. The summed E-state index contributed by atoms with van der Waals surface area (Å²) in [6, 6.07) is 18.4. The third kappa shape index (κ3) is 6.22. The lowest BCUT2D eigenvalue weighted by Crippen LogP contribution is -2.33. The molecule has 3 heteroatoms. The number of likely N-dealkylation sites (tertiary alicyclic amines) is 1. The zero-order valence-corrected chi connectivity index (χ0v) is 19.8. The molecule has 1 fully saturated rings. The van der Waals surface area contributed by atoms with Crippen LogP contribution in [-0.2, 0) is 6.42 Å². The van der Waals surface area contributed by atoms with Crippen molar-refractivity contribution >= 4 is 11.6 Å². The van der Waals surface area contributed by atoms with Gasteiger partial charge in [-0.25, -0.2) is 4.98 Å². The van der Waals surface area contributed by atoms with Crippen LogP contribution in [0.5, 0.6) is 0 Å². The number of halogens is 1. The highest BCUT2D eigenvalue weighted by Crippen LogP contribution is 2.21. The van der Waals surface area contributed by atoms with Crippen LogP contribution in [0.4, 0.5) is 0 Å². The van der Waals surface area contributed by atoms with Crippen LogP contribution in [-0.4, -0.2) is 29.5 Å². The van der Waals surface area contributed by atoms with Gasteiger partial charge in [-0.1, -0.05) is 48.7 Å². The van der Waals surface area contributed by atoms with Gasteiger partial charge < -0.3 is 4.90 Å². The van der Waals surface area contributed by atoms with E-state index in [0.717, 1.165) is 39.7 Å². The van der Waals surface area contributed by atoms with Crippen LogP contribution >= 0.6 is 11.6 Å². The van der Waals surface area contributed by atoms with E-state index in [2.05, 4.69) is 59.8 Å². The number of piperidine rings is 1. The SMILES string of the molecule is Cc1cc(C#Cc2ccc(-c3ccc(Cl)cc3)cn2)ccc1CCCN1CCC(C)CC1. The van der Waals surface area contributed by atoms with Gasteiger partial charge in [-0.3, -0.25) is 0 Å². The molecular formula is C29H31ClN2. The Morgan fingerprint density at radius 2 is 1.72 bits per heavy atom. The second-order valence-corrected chi connectivity index (χ2v) is 9.39. The van der Waals surface area contributed by atoms with E-state index in [1.807, 2.05) is 36.5 Å². The molecule has 0 radical (unpaired) electrons. The molecule has 0 spiro atoms. The fourth-order valence-electron chi connectivity index (χ4n) is 4.25. The lowest BCUT2D eigenvalue weighted by Gasteiger charge is -2.30. The Kier molecular flexibility index (Phi) is 7.63. The molecule has 2 heterocycles. The van der Waals surface area contributed by atoms with Gasteiger partial charge in [-0.05, 0) is 111 Å². The predicted octanol–water partition coefficient (Wildman–Crippen LogP) is 6.77. The first-order valence-electron chi connectivity index (χ1n) is 11.6. The number of pyridine rings is 1. The number of aryl methyl sites for hydroxylation is 2. The maximum absolute atomic E-state index is 5.97. The van der Waals surface area contributed by atoms with E-state index < -0.39 is 0 Å². The zero-order valence-electron chi connectivity index (χ0n) is 19.1. The van der Waals surface area contributed by atoms with Crippen LogP contribution in [0.15, 0.2) is 60.8 Å². The van der Waals surface area contributed by atoms with Crippen molar-refractivity contribution < 1.29 is 0 Å². The molecule has 0 atom stereocenters. The van der Waals surface area contributed by atoms with Crippen molar-refractivity contribution in [3.8, 4) is 23.0 Å². The highest BCUT2D eigenvalue weighted by Gasteiger charge is 2.14. The van der Waals surface area contributed by atoms with Crippen molar-refractivity contribution in [2.24, 2.45) is 5.92 Å². The Bertz CT molecular complexity index is 1080. The zero-order chi connectivity index (χ0) is 22.3. The summed E-state index contributed by atoms with van der Waals surface area (Å²) < 4.78 is 0. The lowest BCUT2D eigenvalue weighted by molar-refractivity contribution is 0.191. The molecule has 0 amide bonds. The minimum Gasteiger partial charge on any atom is -0.303 e. The Morgan fingerprint density at radius 1 is 0.969 bits per heavy atom. The molecule has 1 aliphatic rings. The van der Waals surface area contributed by atoms with Gasteiger partial charge in [0.1, 0.15) is 5.69 Å². The monoisotopic (exact) mass is 442 g/mol. The molecule has 1 aromatic heterocycles. The summed E-state index contributed by atoms with van der Waals surface area (Å²) >= 11 is 5.97. The average Bonchev–Trinajstić information content (AvgIpc) is 2.81. The normalized spacial score (nSPS) is 14.7. The Balaban J connectivity index is 1.33. The van der Waals surface area contributed by atoms with E-state index in [-0.39, 0.29) is 0 Å². The minimum atomic E-state index is 0.738. The van der Waals surface area contributed by atoms with Gasteiger partial charge in [-0.15, -0.1) is 0 Å². The smallest absolute Gasteiger partial charge is 0.113 e. The third-order valence-electron chi connectivity index (χ3n) is 6.42. The number of hydrogen-bond acceptors (Lipinski definition) is 2. The molecule has 0 N–H and O–H groups in total. The van der Waals surface area contributed by atoms with E-state index in [1.54, 1.807) is 0 Å². The van der Waals surface area contributed by atoms with Crippen molar-refractivity contribution in [3.63, 3.8) is 0 Å². The maximum Gasteiger partial charge on any atom is 0.113 e. The van der Waals surface area contributed by atoms with E-state index in [1.165, 1.54) is 50.0 Å². The predicted molar refractivity (Wildman–Crippen MR) is 135 cm³/mol. The molecule has 0 unspecified atom stereocenters. The minimum absolute atomic E-state index is 0.738. The summed E-state index contributed by atoms with van der Waals surface area (Å²) in [5, 5.41) is 0.738. The Labute approximate surface area is 197 Å². The Hall–Kier alpha value is -2.60. The van der Waals surface area contributed by atoms with Crippen LogP contribution in [0, 0.1) is 24.7 Å². The van der Waals surface area contributed by atoms with E-state index in [4.69, 9.17) is 11.6 Å². The first-order valence-corrected chi connectivity index (χ1v) is 12.0. The molecule has 164 valence electrons. The number of benzene rings is 2. The molecule has 1 saturated heterocycles. The molecule has 2 nitrogen and oxygen atoms in total. The van der Waals surface area contributed by atoms with Gasteiger partial charge in [0.25, 0.3) is 0 Å². The van der Waals surface area contributed by atoms with E-state index >= 15 is 0 Å². The summed E-state index contributed by atoms with van der Waals surface area (Å²) in [6.45, 7) is 8.32. The fraction of sp³-hybridized carbons (Fsp3) is 0.345. The summed E-state index contributed by atoms with van der Waals surface area (Å²) in [6.07, 6.45) is 6.93. The van der Waals surface area contributed by atoms with Gasteiger partial charge >= 0.3 is 0 Å². The summed E-state index contributed by atoms with van der Waals surface area (Å²) in [4.78, 5) is 7.14. The van der Waals surface area contributed by atoms with Crippen LogP contribution < -0.4 is 0 Å². The fourth-order valence-corrected chi connectivity index (χ4v) is 4.38. The van der Waals surface area contributed by atoms with Crippen LogP contribution in [0.25, 0.3) is 11.1 Å². The van der Waals surface area contributed by atoms with Crippen molar-refractivity contribution in [2.45, 2.75) is 39.5 Å². The topological polar surface area (TPSA) is 16.1 Å². The van der Waals surface area contributed by atoms with E-state index in [0.29, 0.717) is 0 Å². The lowest BCUT2D eigenvalue weighted by atomic mass is 9.98. The van der Waals surface area contributed by atoms with Crippen LogP contribution in [0.3, 0.4) is 0 Å². The molecule has 3 aromatic rings. The maximum atomic E-state index is 5.97.